The highest BCUT2D eigenvalue weighted by Gasteiger charge is 2.28. The van der Waals surface area contributed by atoms with Crippen LogP contribution in [0.15, 0.2) is 4.99 Å². The van der Waals surface area contributed by atoms with Gasteiger partial charge in [-0.2, -0.15) is 0 Å². The molecule has 7 heteroatoms. The average molecular weight is 327 g/mol. The minimum Gasteiger partial charge on any atom is -0.383 e. The van der Waals surface area contributed by atoms with E-state index in [-0.39, 0.29) is 0 Å². The highest BCUT2D eigenvalue weighted by atomic mass is 16.5. The summed E-state index contributed by atoms with van der Waals surface area (Å²) in [5, 5.41) is 3.22. The van der Waals surface area contributed by atoms with Gasteiger partial charge in [-0.3, -0.25) is 14.8 Å². The minimum absolute atomic E-state index is 0.564. The van der Waals surface area contributed by atoms with Crippen LogP contribution in [-0.2, 0) is 9.47 Å². The summed E-state index contributed by atoms with van der Waals surface area (Å²) in [4.78, 5) is 9.31. The molecule has 0 unspecified atom stereocenters. The zero-order valence-electron chi connectivity index (χ0n) is 14.5. The van der Waals surface area contributed by atoms with Crippen LogP contribution in [-0.4, -0.2) is 94.5 Å². The number of nitrogens with zero attached hydrogens (tertiary/aromatic N) is 3. The zero-order chi connectivity index (χ0) is 16.3. The van der Waals surface area contributed by atoms with Crippen LogP contribution in [0.1, 0.15) is 19.3 Å². The van der Waals surface area contributed by atoms with Crippen LogP contribution in [0.3, 0.4) is 0 Å². The lowest BCUT2D eigenvalue weighted by molar-refractivity contribution is 0.0377. The van der Waals surface area contributed by atoms with E-state index in [1.807, 2.05) is 0 Å². The van der Waals surface area contributed by atoms with Crippen LogP contribution in [0.25, 0.3) is 0 Å². The lowest BCUT2D eigenvalue weighted by Gasteiger charge is -2.26. The van der Waals surface area contributed by atoms with Gasteiger partial charge < -0.3 is 20.5 Å². The van der Waals surface area contributed by atoms with Gasteiger partial charge in [-0.25, -0.2) is 0 Å². The molecule has 2 fully saturated rings. The van der Waals surface area contributed by atoms with Gasteiger partial charge in [-0.05, 0) is 19.3 Å². The van der Waals surface area contributed by atoms with E-state index in [4.69, 9.17) is 15.2 Å². The second-order valence-corrected chi connectivity index (χ2v) is 6.26. The Morgan fingerprint density at radius 3 is 2.83 bits per heavy atom. The number of hydrogen-bond acceptors (Lipinski definition) is 5. The Bertz CT molecular complexity index is 343. The molecule has 0 spiro atoms. The molecule has 0 radical (unpaired) electrons. The number of aliphatic imine (C=N–C) groups is 1. The number of hydrogen-bond donors (Lipinski definition) is 2. The maximum Gasteiger partial charge on any atom is 0.188 e. The van der Waals surface area contributed by atoms with Crippen molar-refractivity contribution in [3.63, 3.8) is 0 Å². The predicted octanol–water partition coefficient (Wildman–Crippen LogP) is -0.276. The Morgan fingerprint density at radius 2 is 2.13 bits per heavy atom. The number of nitrogens with one attached hydrogen (secondary N) is 1. The van der Waals surface area contributed by atoms with E-state index in [1.54, 1.807) is 7.11 Å². The number of ether oxygens (including phenoxy) is 2. The summed E-state index contributed by atoms with van der Waals surface area (Å²) >= 11 is 0. The fourth-order valence-electron chi connectivity index (χ4n) is 2.83. The highest BCUT2D eigenvalue weighted by Crippen LogP contribution is 2.25. The van der Waals surface area contributed by atoms with Gasteiger partial charge in [0, 0.05) is 59.0 Å². The van der Waals surface area contributed by atoms with Crippen molar-refractivity contribution in [3.05, 3.63) is 0 Å². The molecule has 0 aromatic heterocycles. The summed E-state index contributed by atoms with van der Waals surface area (Å²) < 4.78 is 10.5. The van der Waals surface area contributed by atoms with Crippen molar-refractivity contribution in [2.24, 2.45) is 10.7 Å². The van der Waals surface area contributed by atoms with Gasteiger partial charge in [0.25, 0.3) is 0 Å². The smallest absolute Gasteiger partial charge is 0.188 e. The molecule has 1 aliphatic heterocycles. The van der Waals surface area contributed by atoms with Gasteiger partial charge in [0.15, 0.2) is 5.96 Å². The summed E-state index contributed by atoms with van der Waals surface area (Å²) in [6.45, 7) is 9.28. The third kappa shape index (κ3) is 7.97. The molecule has 1 heterocycles. The van der Waals surface area contributed by atoms with Crippen molar-refractivity contribution < 1.29 is 9.47 Å². The molecule has 0 bridgehead atoms. The highest BCUT2D eigenvalue weighted by molar-refractivity contribution is 5.77. The van der Waals surface area contributed by atoms with Crippen molar-refractivity contribution in [1.82, 2.24) is 15.1 Å². The number of methoxy groups -OCH3 is 1. The Morgan fingerprint density at radius 1 is 1.35 bits per heavy atom. The fraction of sp³-hybridized carbons (Fsp3) is 0.938. The SMILES string of the molecule is COCCN(CCNC(N)=NCCCN1CCOCC1)C1CC1. The predicted molar refractivity (Wildman–Crippen MR) is 92.8 cm³/mol. The van der Waals surface area contributed by atoms with Crippen molar-refractivity contribution in [2.75, 3.05) is 72.7 Å². The van der Waals surface area contributed by atoms with Crippen molar-refractivity contribution >= 4 is 5.96 Å². The molecular formula is C16H33N5O2. The summed E-state index contributed by atoms with van der Waals surface area (Å²) in [6.07, 6.45) is 3.67. The Hall–Kier alpha value is -0.890. The number of rotatable bonds is 11. The van der Waals surface area contributed by atoms with Gasteiger partial charge in [0.1, 0.15) is 0 Å². The molecule has 3 N–H and O–H groups in total. The third-order valence-corrected chi connectivity index (χ3v) is 4.37. The number of morpholine rings is 1. The van der Waals surface area contributed by atoms with Crippen LogP contribution < -0.4 is 11.1 Å². The maximum absolute atomic E-state index is 5.93. The molecule has 0 aromatic rings. The summed E-state index contributed by atoms with van der Waals surface area (Å²) in [6, 6.07) is 0.749. The summed E-state index contributed by atoms with van der Waals surface area (Å²) in [5.41, 5.74) is 5.93. The molecule has 134 valence electrons. The van der Waals surface area contributed by atoms with Crippen LogP contribution in [0, 0.1) is 0 Å². The standard InChI is InChI=1S/C16H33N5O2/c1-22-12-11-21(15-3-4-15)8-6-19-16(17)18-5-2-7-20-9-13-23-14-10-20/h15H,2-14H2,1H3,(H3,17,18,19). The molecule has 2 aliphatic rings. The first-order chi connectivity index (χ1) is 11.3. The van der Waals surface area contributed by atoms with Crippen molar-refractivity contribution in [3.8, 4) is 0 Å². The monoisotopic (exact) mass is 327 g/mol. The number of nitrogens with two attached hydrogens (primary N) is 1. The normalized spacial score (nSPS) is 20.2. The number of guanidine groups is 1. The molecule has 0 amide bonds. The van der Waals surface area contributed by atoms with E-state index in [9.17, 15) is 0 Å². The second-order valence-electron chi connectivity index (χ2n) is 6.26. The van der Waals surface area contributed by atoms with E-state index in [0.29, 0.717) is 5.96 Å². The van der Waals surface area contributed by atoms with Gasteiger partial charge in [-0.1, -0.05) is 0 Å². The molecule has 1 aliphatic carbocycles. The van der Waals surface area contributed by atoms with Gasteiger partial charge >= 0.3 is 0 Å². The second kappa shape index (κ2) is 10.8. The fourth-order valence-corrected chi connectivity index (χ4v) is 2.83. The summed E-state index contributed by atoms with van der Waals surface area (Å²) in [5.74, 6) is 0.564. The van der Waals surface area contributed by atoms with E-state index in [2.05, 4.69) is 20.1 Å². The molecule has 0 aromatic carbocycles. The Kier molecular flexibility index (Phi) is 8.67. The molecule has 1 saturated carbocycles. The van der Waals surface area contributed by atoms with Gasteiger partial charge in [-0.15, -0.1) is 0 Å². The first-order valence-corrected chi connectivity index (χ1v) is 8.86. The first kappa shape index (κ1) is 18.4. The van der Waals surface area contributed by atoms with E-state index < -0.39 is 0 Å². The third-order valence-electron chi connectivity index (χ3n) is 4.37. The quantitative estimate of drug-likeness (QED) is 0.309. The molecule has 1 saturated heterocycles. The van der Waals surface area contributed by atoms with Crippen LogP contribution in [0.4, 0.5) is 0 Å². The van der Waals surface area contributed by atoms with Crippen molar-refractivity contribution in [2.45, 2.75) is 25.3 Å². The van der Waals surface area contributed by atoms with Crippen LogP contribution in [0.5, 0.6) is 0 Å². The van der Waals surface area contributed by atoms with Gasteiger partial charge in [0.05, 0.1) is 19.8 Å². The molecule has 2 rings (SSSR count). The van der Waals surface area contributed by atoms with E-state index in [0.717, 1.165) is 78.1 Å². The molecule has 23 heavy (non-hydrogen) atoms. The van der Waals surface area contributed by atoms with E-state index in [1.165, 1.54) is 12.8 Å². The molecule has 7 nitrogen and oxygen atoms in total. The Balaban J connectivity index is 1.51. The van der Waals surface area contributed by atoms with Crippen molar-refractivity contribution in [1.29, 1.82) is 0 Å². The first-order valence-electron chi connectivity index (χ1n) is 8.86. The molecular weight excluding hydrogens is 294 g/mol. The van der Waals surface area contributed by atoms with Gasteiger partial charge in [0.2, 0.25) is 0 Å². The molecule has 0 atom stereocenters. The Labute approximate surface area is 140 Å². The zero-order valence-corrected chi connectivity index (χ0v) is 14.5. The van der Waals surface area contributed by atoms with Crippen LogP contribution >= 0.6 is 0 Å². The largest absolute Gasteiger partial charge is 0.383 e. The average Bonchev–Trinajstić information content (AvgIpc) is 3.40. The lowest BCUT2D eigenvalue weighted by atomic mass is 10.3. The lowest BCUT2D eigenvalue weighted by Crippen LogP contribution is -2.40. The van der Waals surface area contributed by atoms with Crippen LogP contribution in [0.2, 0.25) is 0 Å². The summed E-state index contributed by atoms with van der Waals surface area (Å²) in [7, 11) is 1.75. The maximum atomic E-state index is 5.93. The minimum atomic E-state index is 0.564. The van der Waals surface area contributed by atoms with E-state index >= 15 is 0 Å². The topological polar surface area (TPSA) is 75.3 Å².